The van der Waals surface area contributed by atoms with Crippen LogP contribution in [0.3, 0.4) is 0 Å². The van der Waals surface area contributed by atoms with Gasteiger partial charge in [0.15, 0.2) is 0 Å². The zero-order chi connectivity index (χ0) is 16.2. The van der Waals surface area contributed by atoms with Crippen LogP contribution in [0.15, 0.2) is 24.3 Å². The van der Waals surface area contributed by atoms with E-state index < -0.39 is 0 Å². The molecule has 142 valence electrons. The van der Waals surface area contributed by atoms with E-state index in [0.717, 1.165) is 37.9 Å². The van der Waals surface area contributed by atoms with Gasteiger partial charge in [0.1, 0.15) is 0 Å². The first-order valence-corrected chi connectivity index (χ1v) is 9.11. The van der Waals surface area contributed by atoms with Crippen molar-refractivity contribution in [3.05, 3.63) is 29.8 Å². The highest BCUT2D eigenvalue weighted by Gasteiger charge is 2.34. The Kier molecular flexibility index (Phi) is 9.04. The van der Waals surface area contributed by atoms with Crippen molar-refractivity contribution in [3.8, 4) is 0 Å². The molecule has 2 N–H and O–H groups in total. The lowest BCUT2D eigenvalue weighted by Gasteiger charge is -2.29. The third-order valence-corrected chi connectivity index (χ3v) is 5.18. The predicted molar refractivity (Wildman–Crippen MR) is 110 cm³/mol. The molecule has 2 aliphatic heterocycles. The summed E-state index contributed by atoms with van der Waals surface area (Å²) in [4.78, 5) is 14.8. The molecule has 1 aromatic rings. The zero-order valence-electron chi connectivity index (χ0n) is 15.2. The van der Waals surface area contributed by atoms with Crippen LogP contribution in [0.5, 0.6) is 0 Å². The second kappa shape index (κ2) is 10.2. The van der Waals surface area contributed by atoms with Crippen LogP contribution in [0.2, 0.25) is 0 Å². The maximum Gasteiger partial charge on any atom is 0.251 e. The first kappa shape index (κ1) is 22.1. The fraction of sp³-hybridized carbons (Fsp3) is 0.632. The van der Waals surface area contributed by atoms with Gasteiger partial charge in [-0.15, -0.1) is 24.8 Å². The molecule has 2 bridgehead atoms. The van der Waals surface area contributed by atoms with E-state index in [0.29, 0.717) is 18.1 Å². The molecule has 1 aromatic carbocycles. The van der Waals surface area contributed by atoms with Gasteiger partial charge in [0.05, 0.1) is 0 Å². The van der Waals surface area contributed by atoms with Crippen LogP contribution < -0.4 is 15.5 Å². The minimum absolute atomic E-state index is 0. The molecular weight excluding hydrogens is 357 g/mol. The molecule has 0 saturated carbocycles. The number of piperidine rings is 1. The minimum Gasteiger partial charge on any atom is -0.372 e. The van der Waals surface area contributed by atoms with Crippen LogP contribution in [0.4, 0.5) is 5.69 Å². The average molecular weight is 388 g/mol. The van der Waals surface area contributed by atoms with Crippen molar-refractivity contribution in [1.82, 2.24) is 10.6 Å². The van der Waals surface area contributed by atoms with Crippen LogP contribution in [0, 0.1) is 0 Å². The molecule has 2 heterocycles. The molecule has 0 aliphatic carbocycles. The third-order valence-electron chi connectivity index (χ3n) is 5.18. The average Bonchev–Trinajstić information content (AvgIpc) is 2.91. The molecular formula is C19H31Cl2N3O. The summed E-state index contributed by atoms with van der Waals surface area (Å²) in [5, 5.41) is 6.85. The summed E-state index contributed by atoms with van der Waals surface area (Å²) in [7, 11) is 0. The van der Waals surface area contributed by atoms with Crippen molar-refractivity contribution in [2.24, 2.45) is 0 Å². The number of halogens is 2. The highest BCUT2D eigenvalue weighted by molar-refractivity contribution is 5.94. The Hall–Kier alpha value is -0.970. The van der Waals surface area contributed by atoms with Crippen LogP contribution in [-0.4, -0.2) is 37.1 Å². The van der Waals surface area contributed by atoms with Gasteiger partial charge in [0.2, 0.25) is 0 Å². The summed E-state index contributed by atoms with van der Waals surface area (Å²) in [6.07, 6.45) is 5.79. The number of nitrogens with zero attached hydrogens (tertiary/aromatic N) is 1. The quantitative estimate of drug-likeness (QED) is 0.780. The lowest BCUT2D eigenvalue weighted by molar-refractivity contribution is 0.0924. The normalized spacial score (nSPS) is 24.0. The van der Waals surface area contributed by atoms with E-state index in [1.54, 1.807) is 0 Å². The summed E-state index contributed by atoms with van der Waals surface area (Å²) in [5.41, 5.74) is 1.97. The summed E-state index contributed by atoms with van der Waals surface area (Å²) in [6, 6.07) is 9.59. The molecule has 2 aliphatic rings. The first-order chi connectivity index (χ1) is 11.2. The molecule has 3 rings (SSSR count). The zero-order valence-corrected chi connectivity index (χ0v) is 16.8. The number of hydrogen-bond acceptors (Lipinski definition) is 3. The Morgan fingerprint density at radius 2 is 1.72 bits per heavy atom. The van der Waals surface area contributed by atoms with Crippen molar-refractivity contribution in [1.29, 1.82) is 0 Å². The Balaban J connectivity index is 0.00000156. The number of amides is 1. The highest BCUT2D eigenvalue weighted by Crippen LogP contribution is 2.27. The number of carbonyl (C=O) groups excluding carboxylic acids is 1. The second-order valence-electron chi connectivity index (χ2n) is 6.91. The smallest absolute Gasteiger partial charge is 0.251 e. The molecule has 2 unspecified atom stereocenters. The molecule has 4 nitrogen and oxygen atoms in total. The second-order valence-corrected chi connectivity index (χ2v) is 6.91. The topological polar surface area (TPSA) is 44.4 Å². The molecule has 25 heavy (non-hydrogen) atoms. The Morgan fingerprint density at radius 3 is 2.24 bits per heavy atom. The van der Waals surface area contributed by atoms with Gasteiger partial charge in [-0.25, -0.2) is 0 Å². The Labute approximate surface area is 163 Å². The lowest BCUT2D eigenvalue weighted by atomic mass is 9.99. The van der Waals surface area contributed by atoms with Crippen molar-refractivity contribution < 1.29 is 4.79 Å². The number of rotatable bonds is 6. The van der Waals surface area contributed by atoms with Gasteiger partial charge in [0.25, 0.3) is 5.91 Å². The van der Waals surface area contributed by atoms with E-state index in [2.05, 4.69) is 41.5 Å². The fourth-order valence-corrected chi connectivity index (χ4v) is 4.01. The maximum absolute atomic E-state index is 12.5. The molecule has 2 fully saturated rings. The largest absolute Gasteiger partial charge is 0.372 e. The van der Waals surface area contributed by atoms with E-state index in [1.807, 2.05) is 12.1 Å². The van der Waals surface area contributed by atoms with Gasteiger partial charge < -0.3 is 15.5 Å². The summed E-state index contributed by atoms with van der Waals surface area (Å²) in [5.74, 6) is 0.0707. The van der Waals surface area contributed by atoms with Gasteiger partial charge >= 0.3 is 0 Å². The fourth-order valence-electron chi connectivity index (χ4n) is 4.01. The van der Waals surface area contributed by atoms with Gasteiger partial charge in [-0.3, -0.25) is 4.79 Å². The van der Waals surface area contributed by atoms with E-state index in [-0.39, 0.29) is 30.7 Å². The Morgan fingerprint density at radius 1 is 1.12 bits per heavy atom. The number of nitrogens with one attached hydrogen (secondary N) is 2. The van der Waals surface area contributed by atoms with Crippen molar-refractivity contribution in [2.45, 2.75) is 64.1 Å². The number of carbonyl (C=O) groups is 1. The SMILES string of the molecule is CCCN(CC)c1ccc(C(=O)NC2CC3CCC(C2)N3)cc1.Cl.Cl. The van der Waals surface area contributed by atoms with Crippen LogP contribution in [0.1, 0.15) is 56.3 Å². The maximum atomic E-state index is 12.5. The third kappa shape index (κ3) is 5.50. The van der Waals surface area contributed by atoms with Crippen molar-refractivity contribution in [2.75, 3.05) is 18.0 Å². The molecule has 0 radical (unpaired) electrons. The lowest BCUT2D eigenvalue weighted by Crippen LogP contribution is -2.48. The predicted octanol–water partition coefficient (Wildman–Crippen LogP) is 3.78. The summed E-state index contributed by atoms with van der Waals surface area (Å²) >= 11 is 0. The molecule has 1 amide bonds. The molecule has 2 atom stereocenters. The number of benzene rings is 1. The minimum atomic E-state index is 0. The Bertz CT molecular complexity index is 526. The number of hydrogen-bond donors (Lipinski definition) is 2. The molecule has 2 saturated heterocycles. The summed E-state index contributed by atoms with van der Waals surface area (Å²) in [6.45, 7) is 6.41. The number of anilines is 1. The van der Waals surface area contributed by atoms with Gasteiger partial charge in [-0.05, 0) is 63.3 Å². The van der Waals surface area contributed by atoms with Crippen LogP contribution in [0.25, 0.3) is 0 Å². The molecule has 6 heteroatoms. The van der Waals surface area contributed by atoms with E-state index in [9.17, 15) is 4.79 Å². The number of fused-ring (bicyclic) bond motifs is 2. The van der Waals surface area contributed by atoms with Crippen molar-refractivity contribution >= 4 is 36.4 Å². The van der Waals surface area contributed by atoms with Gasteiger partial charge in [-0.2, -0.15) is 0 Å². The van der Waals surface area contributed by atoms with Crippen molar-refractivity contribution in [3.63, 3.8) is 0 Å². The first-order valence-electron chi connectivity index (χ1n) is 9.11. The van der Waals surface area contributed by atoms with Gasteiger partial charge in [-0.1, -0.05) is 6.92 Å². The van der Waals surface area contributed by atoms with Crippen LogP contribution in [-0.2, 0) is 0 Å². The monoisotopic (exact) mass is 387 g/mol. The molecule has 0 aromatic heterocycles. The standard InChI is InChI=1S/C19H29N3O.2ClH/c1-3-11-22(4-2)18-9-5-14(6-10-18)19(23)21-17-12-15-7-8-16(13-17)20-15;;/h5-6,9-10,15-17,20H,3-4,7-8,11-13H2,1-2H3,(H,21,23);2*1H. The van der Waals surface area contributed by atoms with E-state index >= 15 is 0 Å². The van der Waals surface area contributed by atoms with E-state index in [4.69, 9.17) is 0 Å². The summed E-state index contributed by atoms with van der Waals surface area (Å²) < 4.78 is 0. The molecule has 0 spiro atoms. The van der Waals surface area contributed by atoms with E-state index in [1.165, 1.54) is 18.5 Å². The highest BCUT2D eigenvalue weighted by atomic mass is 35.5. The van der Waals surface area contributed by atoms with Crippen LogP contribution >= 0.6 is 24.8 Å². The van der Waals surface area contributed by atoms with Gasteiger partial charge in [0, 0.05) is 42.5 Å².